The fraction of sp³-hybridized carbons (Fsp3) is 0.455. The lowest BCUT2D eigenvalue weighted by Crippen LogP contribution is -1.90. The number of nitrogens with zero attached hydrogens (tertiary/aromatic N) is 3. The number of aromatic nitrogens is 3. The number of hydrogen-bond donors (Lipinski definition) is 0. The molecule has 0 atom stereocenters. The topological polar surface area (TPSA) is 30.7 Å². The lowest BCUT2D eigenvalue weighted by molar-refractivity contribution is 0.794. The highest BCUT2D eigenvalue weighted by molar-refractivity contribution is 5.78. The van der Waals surface area contributed by atoms with E-state index in [-0.39, 0.29) is 0 Å². The van der Waals surface area contributed by atoms with E-state index in [4.69, 9.17) is 0 Å². The molecule has 0 saturated carbocycles. The number of fused-ring (bicyclic) bond motifs is 1. The highest BCUT2D eigenvalue weighted by Gasteiger charge is 2.03. The Bertz CT molecular complexity index is 404. The molecule has 0 unspecified atom stereocenters. The van der Waals surface area contributed by atoms with E-state index >= 15 is 0 Å². The van der Waals surface area contributed by atoms with Crippen molar-refractivity contribution < 1.29 is 0 Å². The van der Waals surface area contributed by atoms with Crippen LogP contribution in [0.1, 0.15) is 26.3 Å². The molecule has 0 bridgehead atoms. The zero-order chi connectivity index (χ0) is 10.6. The molecule has 14 heavy (non-hydrogen) atoms. The third kappa shape index (κ3) is 1.76. The van der Waals surface area contributed by atoms with Crippen molar-refractivity contribution in [3.05, 3.63) is 24.0 Å². The van der Waals surface area contributed by atoms with Gasteiger partial charge in [0.05, 0.1) is 11.7 Å². The maximum absolute atomic E-state index is 4.08. The van der Waals surface area contributed by atoms with E-state index in [1.165, 1.54) is 11.1 Å². The second-order valence-electron chi connectivity index (χ2n) is 2.86. The minimum atomic E-state index is 0.982. The molecule has 0 radical (unpaired) electrons. The van der Waals surface area contributed by atoms with Gasteiger partial charge >= 0.3 is 0 Å². The van der Waals surface area contributed by atoms with Crippen molar-refractivity contribution >= 4 is 11.0 Å². The molecule has 0 amide bonds. The zero-order valence-electron chi connectivity index (χ0n) is 9.28. The minimum absolute atomic E-state index is 0.982. The van der Waals surface area contributed by atoms with E-state index in [1.807, 2.05) is 19.9 Å². The van der Waals surface area contributed by atoms with Crippen LogP contribution in [0.4, 0.5) is 0 Å². The van der Waals surface area contributed by atoms with Crippen LogP contribution in [0.2, 0.25) is 0 Å². The lowest BCUT2D eigenvalue weighted by atomic mass is 10.3. The Kier molecular flexibility index (Phi) is 3.63. The predicted octanol–water partition coefficient (Wildman–Crippen LogP) is 2.79. The molecule has 0 aliphatic carbocycles. The minimum Gasteiger partial charge on any atom is -0.346 e. The van der Waals surface area contributed by atoms with Crippen molar-refractivity contribution in [1.82, 2.24) is 14.8 Å². The smallest absolute Gasteiger partial charge is 0.114 e. The van der Waals surface area contributed by atoms with Crippen LogP contribution in [0, 0.1) is 6.92 Å². The maximum Gasteiger partial charge on any atom is 0.114 e. The average molecular weight is 191 g/mol. The molecule has 2 rings (SSSR count). The van der Waals surface area contributed by atoms with Gasteiger partial charge in [-0.05, 0) is 25.5 Å². The Balaban J connectivity index is 0.000000461. The molecule has 0 N–H and O–H groups in total. The van der Waals surface area contributed by atoms with Crippen molar-refractivity contribution in [2.24, 2.45) is 0 Å². The first kappa shape index (κ1) is 10.7. The standard InChI is InChI=1S/C9H11N3.C2H6/c1-3-12-6-7(2)9-8(12)4-5-10-11-9;1-2/h4-6H,3H2,1-2H3;1-2H3. The third-order valence-electron chi connectivity index (χ3n) is 2.07. The molecule has 0 fully saturated rings. The van der Waals surface area contributed by atoms with Crippen molar-refractivity contribution in [3.63, 3.8) is 0 Å². The first-order valence-corrected chi connectivity index (χ1v) is 5.10. The highest BCUT2D eigenvalue weighted by atomic mass is 15.1. The summed E-state index contributed by atoms with van der Waals surface area (Å²) >= 11 is 0. The summed E-state index contributed by atoms with van der Waals surface area (Å²) in [6.45, 7) is 9.17. The van der Waals surface area contributed by atoms with Crippen LogP contribution in [0.3, 0.4) is 0 Å². The van der Waals surface area contributed by atoms with Gasteiger partial charge in [-0.1, -0.05) is 13.8 Å². The van der Waals surface area contributed by atoms with Gasteiger partial charge in [0.1, 0.15) is 5.52 Å². The summed E-state index contributed by atoms with van der Waals surface area (Å²) in [5.74, 6) is 0. The van der Waals surface area contributed by atoms with E-state index in [0.29, 0.717) is 0 Å². The molecule has 0 aliphatic rings. The molecule has 0 aromatic carbocycles. The van der Waals surface area contributed by atoms with E-state index in [2.05, 4.69) is 34.8 Å². The fourth-order valence-corrected chi connectivity index (χ4v) is 1.46. The van der Waals surface area contributed by atoms with Crippen molar-refractivity contribution in [3.8, 4) is 0 Å². The largest absolute Gasteiger partial charge is 0.346 e. The quantitative estimate of drug-likeness (QED) is 0.694. The molecule has 2 aromatic rings. The van der Waals surface area contributed by atoms with Crippen LogP contribution in [0.5, 0.6) is 0 Å². The van der Waals surface area contributed by atoms with Gasteiger partial charge in [0.15, 0.2) is 0 Å². The fourth-order valence-electron chi connectivity index (χ4n) is 1.46. The molecule has 76 valence electrons. The molecule has 0 spiro atoms. The molecule has 0 saturated heterocycles. The SMILES string of the molecule is CC.CCn1cc(C)c2nnccc21. The van der Waals surface area contributed by atoms with E-state index in [9.17, 15) is 0 Å². The number of aryl methyl sites for hydroxylation is 2. The van der Waals surface area contributed by atoms with Gasteiger partial charge in [0.2, 0.25) is 0 Å². The Hall–Kier alpha value is -1.38. The summed E-state index contributed by atoms with van der Waals surface area (Å²) in [4.78, 5) is 0. The molecule has 2 heterocycles. The van der Waals surface area contributed by atoms with Gasteiger partial charge in [-0.3, -0.25) is 0 Å². The lowest BCUT2D eigenvalue weighted by Gasteiger charge is -1.96. The van der Waals surface area contributed by atoms with Gasteiger partial charge in [0, 0.05) is 12.7 Å². The van der Waals surface area contributed by atoms with Crippen LogP contribution >= 0.6 is 0 Å². The van der Waals surface area contributed by atoms with Gasteiger partial charge in [0.25, 0.3) is 0 Å². The van der Waals surface area contributed by atoms with Crippen LogP contribution in [-0.2, 0) is 6.54 Å². The summed E-state index contributed by atoms with van der Waals surface area (Å²) in [5.41, 5.74) is 3.38. The van der Waals surface area contributed by atoms with E-state index in [1.54, 1.807) is 6.20 Å². The van der Waals surface area contributed by atoms with Crippen LogP contribution in [-0.4, -0.2) is 14.8 Å². The molecule has 0 aliphatic heterocycles. The van der Waals surface area contributed by atoms with Crippen LogP contribution in [0.15, 0.2) is 18.5 Å². The van der Waals surface area contributed by atoms with Crippen molar-refractivity contribution in [1.29, 1.82) is 0 Å². The van der Waals surface area contributed by atoms with Crippen LogP contribution in [0.25, 0.3) is 11.0 Å². The summed E-state index contributed by atoms with van der Waals surface area (Å²) < 4.78 is 2.18. The Morgan fingerprint density at radius 3 is 2.71 bits per heavy atom. The summed E-state index contributed by atoms with van der Waals surface area (Å²) in [6.07, 6.45) is 3.84. The van der Waals surface area contributed by atoms with Crippen LogP contribution < -0.4 is 0 Å². The Labute approximate surface area is 84.8 Å². The van der Waals surface area contributed by atoms with Crippen molar-refractivity contribution in [2.45, 2.75) is 34.2 Å². The first-order valence-electron chi connectivity index (χ1n) is 5.10. The molecule has 3 nitrogen and oxygen atoms in total. The second kappa shape index (κ2) is 4.74. The number of hydrogen-bond acceptors (Lipinski definition) is 2. The molecular formula is C11H17N3. The van der Waals surface area contributed by atoms with Gasteiger partial charge in [-0.15, -0.1) is 5.10 Å². The normalized spacial score (nSPS) is 9.71. The Morgan fingerprint density at radius 1 is 1.36 bits per heavy atom. The third-order valence-corrected chi connectivity index (χ3v) is 2.07. The van der Waals surface area contributed by atoms with E-state index in [0.717, 1.165) is 12.1 Å². The monoisotopic (exact) mass is 191 g/mol. The summed E-state index contributed by atoms with van der Waals surface area (Å²) in [7, 11) is 0. The van der Waals surface area contributed by atoms with Gasteiger partial charge < -0.3 is 4.57 Å². The van der Waals surface area contributed by atoms with Gasteiger partial charge in [-0.2, -0.15) is 5.10 Å². The zero-order valence-corrected chi connectivity index (χ0v) is 9.28. The molecule has 3 heteroatoms. The van der Waals surface area contributed by atoms with Gasteiger partial charge in [-0.25, -0.2) is 0 Å². The predicted molar refractivity (Wildman–Crippen MR) is 59.3 cm³/mol. The van der Waals surface area contributed by atoms with Crippen molar-refractivity contribution in [2.75, 3.05) is 0 Å². The molecule has 2 aromatic heterocycles. The summed E-state index contributed by atoms with van der Waals surface area (Å²) in [5, 5.41) is 7.94. The molecular weight excluding hydrogens is 174 g/mol. The summed E-state index contributed by atoms with van der Waals surface area (Å²) in [6, 6.07) is 2.00. The van der Waals surface area contributed by atoms with E-state index < -0.39 is 0 Å². The average Bonchev–Trinajstić information content (AvgIpc) is 2.59. The Morgan fingerprint density at radius 2 is 2.07 bits per heavy atom. The highest BCUT2D eigenvalue weighted by Crippen LogP contribution is 2.16. The first-order chi connectivity index (χ1) is 6.83. The maximum atomic E-state index is 4.08. The second-order valence-corrected chi connectivity index (χ2v) is 2.86. The number of rotatable bonds is 1.